The molecule has 0 aliphatic rings. The maximum atomic E-state index is 13.7. The van der Waals surface area contributed by atoms with Crippen LogP contribution in [0, 0.1) is 23.3 Å². The van der Waals surface area contributed by atoms with Crippen molar-refractivity contribution in [3.05, 3.63) is 33.7 Å². The standard InChI is InChI=1S/C10H10F4N4O3S/c1-18(2)3-4-21-22(19,20)10-7(13)5(11)9(16-17-15)6(12)8(10)14/h3-4H2,1-2H3. The van der Waals surface area contributed by atoms with Gasteiger partial charge in [-0.15, -0.1) is 0 Å². The highest BCUT2D eigenvalue weighted by Crippen LogP contribution is 2.33. The van der Waals surface area contributed by atoms with Gasteiger partial charge in [-0.1, -0.05) is 5.11 Å². The summed E-state index contributed by atoms with van der Waals surface area (Å²) in [7, 11) is -1.94. The summed E-state index contributed by atoms with van der Waals surface area (Å²) in [6.45, 7) is -0.417. The van der Waals surface area contributed by atoms with Gasteiger partial charge >= 0.3 is 10.1 Å². The molecule has 0 unspecified atom stereocenters. The second-order valence-electron chi connectivity index (χ2n) is 4.20. The highest BCUT2D eigenvalue weighted by molar-refractivity contribution is 7.86. The van der Waals surface area contributed by atoms with Crippen molar-refractivity contribution in [1.82, 2.24) is 4.90 Å². The maximum Gasteiger partial charge on any atom is 0.303 e. The van der Waals surface area contributed by atoms with Crippen molar-refractivity contribution in [2.45, 2.75) is 4.90 Å². The van der Waals surface area contributed by atoms with Crippen molar-refractivity contribution in [2.75, 3.05) is 27.2 Å². The average Bonchev–Trinajstić information content (AvgIpc) is 2.40. The second-order valence-corrected chi connectivity index (χ2v) is 5.75. The first-order valence-corrected chi connectivity index (χ1v) is 6.99. The van der Waals surface area contributed by atoms with Gasteiger partial charge < -0.3 is 4.90 Å². The average molecular weight is 342 g/mol. The summed E-state index contributed by atoms with van der Waals surface area (Å²) in [4.78, 5) is 1.59. The number of hydrogen-bond donors (Lipinski definition) is 0. The monoisotopic (exact) mass is 342 g/mol. The number of likely N-dealkylation sites (N-methyl/N-ethyl adjacent to an activating group) is 1. The lowest BCUT2D eigenvalue weighted by Crippen LogP contribution is -2.21. The molecule has 0 fully saturated rings. The number of hydrogen-bond acceptors (Lipinski definition) is 5. The minimum Gasteiger partial charge on any atom is -0.307 e. The first kappa shape index (κ1) is 18.2. The van der Waals surface area contributed by atoms with Crippen LogP contribution >= 0.6 is 0 Å². The van der Waals surface area contributed by atoms with E-state index in [4.69, 9.17) is 5.53 Å². The van der Waals surface area contributed by atoms with E-state index in [1.165, 1.54) is 4.90 Å². The minimum atomic E-state index is -5.09. The molecule has 12 heteroatoms. The Balaban J connectivity index is 3.40. The summed E-state index contributed by atoms with van der Waals surface area (Å²) in [6, 6.07) is 0. The SMILES string of the molecule is CN(C)CCOS(=O)(=O)c1c(F)c(F)c(N=[N+]=[N-])c(F)c1F. The fraction of sp³-hybridized carbons (Fsp3) is 0.400. The lowest BCUT2D eigenvalue weighted by molar-refractivity contribution is 0.261. The molecule has 0 saturated heterocycles. The molecule has 0 aliphatic carbocycles. The molecule has 0 amide bonds. The lowest BCUT2D eigenvalue weighted by Gasteiger charge is -2.12. The molecule has 22 heavy (non-hydrogen) atoms. The molecule has 7 nitrogen and oxygen atoms in total. The number of halogens is 4. The van der Waals surface area contributed by atoms with Crippen molar-refractivity contribution < 1.29 is 30.2 Å². The first-order chi connectivity index (χ1) is 10.1. The summed E-state index contributed by atoms with van der Waals surface area (Å²) in [6.07, 6.45) is 0. The van der Waals surface area contributed by atoms with E-state index in [2.05, 4.69) is 9.30 Å². The molecule has 0 spiro atoms. The van der Waals surface area contributed by atoms with Gasteiger partial charge in [0.15, 0.2) is 28.2 Å². The van der Waals surface area contributed by atoms with Crippen LogP contribution in [0.15, 0.2) is 10.0 Å². The molecule has 1 aromatic rings. The molecular weight excluding hydrogens is 332 g/mol. The van der Waals surface area contributed by atoms with Crippen LogP contribution in [0.1, 0.15) is 0 Å². The number of azide groups is 1. The van der Waals surface area contributed by atoms with E-state index in [0.29, 0.717) is 0 Å². The molecule has 0 heterocycles. The zero-order valence-corrected chi connectivity index (χ0v) is 12.2. The van der Waals surface area contributed by atoms with E-state index in [1.54, 1.807) is 14.1 Å². The lowest BCUT2D eigenvalue weighted by atomic mass is 10.2. The van der Waals surface area contributed by atoms with Gasteiger partial charge in [-0.05, 0) is 19.6 Å². The van der Waals surface area contributed by atoms with Crippen molar-refractivity contribution in [3.63, 3.8) is 0 Å². The van der Waals surface area contributed by atoms with E-state index in [-0.39, 0.29) is 6.54 Å². The normalized spacial score (nSPS) is 11.6. The van der Waals surface area contributed by atoms with Crippen molar-refractivity contribution in [3.8, 4) is 0 Å². The molecule has 1 aromatic carbocycles. The Morgan fingerprint density at radius 2 is 1.64 bits per heavy atom. The molecule has 0 aromatic heterocycles. The van der Waals surface area contributed by atoms with Gasteiger partial charge in [0.1, 0.15) is 5.69 Å². The Kier molecular flexibility index (Phi) is 5.72. The Labute approximate surface area is 122 Å². The molecule has 0 aliphatic heterocycles. The van der Waals surface area contributed by atoms with Gasteiger partial charge in [-0.3, -0.25) is 4.18 Å². The third-order valence-electron chi connectivity index (χ3n) is 2.37. The number of nitrogens with zero attached hydrogens (tertiary/aromatic N) is 4. The van der Waals surface area contributed by atoms with Crippen molar-refractivity contribution >= 4 is 15.8 Å². The topological polar surface area (TPSA) is 95.4 Å². The summed E-state index contributed by atoms with van der Waals surface area (Å²) >= 11 is 0. The van der Waals surface area contributed by atoms with Gasteiger partial charge in [0.25, 0.3) is 0 Å². The number of rotatable bonds is 6. The van der Waals surface area contributed by atoms with Gasteiger partial charge in [0.2, 0.25) is 0 Å². The smallest absolute Gasteiger partial charge is 0.303 e. The molecular formula is C10H10F4N4O3S. The zero-order chi connectivity index (χ0) is 17.1. The van der Waals surface area contributed by atoms with Crippen LogP contribution < -0.4 is 0 Å². The van der Waals surface area contributed by atoms with Gasteiger partial charge in [0.05, 0.1) is 6.61 Å². The van der Waals surface area contributed by atoms with Crippen molar-refractivity contribution in [2.24, 2.45) is 5.11 Å². The molecule has 0 bridgehead atoms. The quantitative estimate of drug-likeness (QED) is 0.198. The fourth-order valence-corrected chi connectivity index (χ4v) is 2.37. The van der Waals surface area contributed by atoms with Crippen LogP contribution in [0.4, 0.5) is 23.2 Å². The molecule has 0 radical (unpaired) electrons. The van der Waals surface area contributed by atoms with Gasteiger partial charge in [-0.25, -0.2) is 17.6 Å². The number of benzene rings is 1. The van der Waals surface area contributed by atoms with Crippen LogP contribution in [0.2, 0.25) is 0 Å². The summed E-state index contributed by atoms with van der Waals surface area (Å²) in [5, 5.41) is 2.44. The Bertz CT molecular complexity index is 703. The first-order valence-electron chi connectivity index (χ1n) is 5.58. The Hall–Kier alpha value is -1.88. The van der Waals surface area contributed by atoms with E-state index < -0.39 is 50.6 Å². The van der Waals surface area contributed by atoms with Crippen LogP contribution in [0.5, 0.6) is 0 Å². The molecule has 0 N–H and O–H groups in total. The van der Waals surface area contributed by atoms with E-state index in [9.17, 15) is 26.0 Å². The van der Waals surface area contributed by atoms with Crippen molar-refractivity contribution in [1.29, 1.82) is 0 Å². The van der Waals surface area contributed by atoms with Crippen LogP contribution in [0.3, 0.4) is 0 Å². The third-order valence-corrected chi connectivity index (χ3v) is 3.71. The van der Waals surface area contributed by atoms with Crippen LogP contribution in [-0.2, 0) is 14.3 Å². The van der Waals surface area contributed by atoms with Crippen LogP contribution in [-0.4, -0.2) is 40.6 Å². The van der Waals surface area contributed by atoms with E-state index >= 15 is 0 Å². The maximum absolute atomic E-state index is 13.7. The molecule has 0 saturated carbocycles. The second kappa shape index (κ2) is 6.92. The Morgan fingerprint density at radius 1 is 1.14 bits per heavy atom. The largest absolute Gasteiger partial charge is 0.307 e. The summed E-state index contributed by atoms with van der Waals surface area (Å²) in [5.74, 6) is -8.73. The highest BCUT2D eigenvalue weighted by Gasteiger charge is 2.33. The third kappa shape index (κ3) is 3.65. The predicted molar refractivity (Wildman–Crippen MR) is 66.8 cm³/mol. The summed E-state index contributed by atoms with van der Waals surface area (Å²) in [5.41, 5.74) is 6.47. The van der Waals surface area contributed by atoms with Gasteiger partial charge in [-0.2, -0.15) is 8.42 Å². The minimum absolute atomic E-state index is 0.0737. The summed E-state index contributed by atoms with van der Waals surface area (Å²) < 4.78 is 82.0. The molecule has 122 valence electrons. The molecule has 1 rings (SSSR count). The van der Waals surface area contributed by atoms with E-state index in [0.717, 1.165) is 0 Å². The van der Waals surface area contributed by atoms with Gasteiger partial charge in [0, 0.05) is 11.5 Å². The zero-order valence-electron chi connectivity index (χ0n) is 11.3. The Morgan fingerprint density at radius 3 is 2.05 bits per heavy atom. The predicted octanol–water partition coefficient (Wildman–Crippen LogP) is 2.45. The van der Waals surface area contributed by atoms with E-state index in [1.807, 2.05) is 4.91 Å². The van der Waals surface area contributed by atoms with Crippen LogP contribution in [0.25, 0.3) is 10.4 Å². The fourth-order valence-electron chi connectivity index (χ4n) is 1.34. The molecule has 0 atom stereocenters. The highest BCUT2D eigenvalue weighted by atomic mass is 32.2.